The maximum Gasteiger partial charge on any atom is 0.311 e. The molecular formula is C23H29N3O5. The van der Waals surface area contributed by atoms with Crippen molar-refractivity contribution in [3.05, 3.63) is 58.1 Å². The van der Waals surface area contributed by atoms with E-state index in [1.165, 1.54) is 43.8 Å². The van der Waals surface area contributed by atoms with E-state index in [-0.39, 0.29) is 30.0 Å². The van der Waals surface area contributed by atoms with Gasteiger partial charge in [0.25, 0.3) is 5.91 Å². The third-order valence-corrected chi connectivity index (χ3v) is 5.51. The fourth-order valence-corrected chi connectivity index (χ4v) is 3.81. The number of ether oxygens (including phenoxy) is 2. The summed E-state index contributed by atoms with van der Waals surface area (Å²) in [6.07, 6.45) is 2.50. The van der Waals surface area contributed by atoms with Crippen molar-refractivity contribution in [2.24, 2.45) is 5.92 Å². The lowest BCUT2D eigenvalue weighted by atomic mass is 9.99. The smallest absolute Gasteiger partial charge is 0.311 e. The number of hydrogen-bond donors (Lipinski definition) is 1. The van der Waals surface area contributed by atoms with E-state index in [9.17, 15) is 14.9 Å². The number of nitro groups is 1. The van der Waals surface area contributed by atoms with E-state index in [1.54, 1.807) is 0 Å². The first-order valence-corrected chi connectivity index (χ1v) is 10.5. The molecule has 1 amide bonds. The molecule has 8 heteroatoms. The molecule has 0 spiro atoms. The Kier molecular flexibility index (Phi) is 7.33. The summed E-state index contributed by atoms with van der Waals surface area (Å²) < 4.78 is 10.5. The molecule has 1 N–H and O–H groups in total. The lowest BCUT2D eigenvalue weighted by Gasteiger charge is -2.33. The summed E-state index contributed by atoms with van der Waals surface area (Å²) >= 11 is 0. The molecule has 0 aliphatic carbocycles. The predicted octanol–water partition coefficient (Wildman–Crippen LogP) is 4.10. The molecule has 8 nitrogen and oxygen atoms in total. The van der Waals surface area contributed by atoms with Crippen LogP contribution >= 0.6 is 0 Å². The summed E-state index contributed by atoms with van der Waals surface area (Å²) in [6.45, 7) is 6.17. The third-order valence-electron chi connectivity index (χ3n) is 5.51. The largest absolute Gasteiger partial charge is 0.490 e. The van der Waals surface area contributed by atoms with Crippen LogP contribution in [0, 0.1) is 16.0 Å². The van der Waals surface area contributed by atoms with Gasteiger partial charge in [0.1, 0.15) is 5.75 Å². The molecule has 2 aromatic carbocycles. The van der Waals surface area contributed by atoms with Crippen LogP contribution in [-0.4, -0.2) is 37.6 Å². The summed E-state index contributed by atoms with van der Waals surface area (Å²) in [4.78, 5) is 25.1. The number of amides is 1. The van der Waals surface area contributed by atoms with Crippen molar-refractivity contribution in [3.8, 4) is 11.5 Å². The van der Waals surface area contributed by atoms with Gasteiger partial charge < -0.3 is 19.7 Å². The molecule has 1 saturated heterocycles. The Morgan fingerprint density at radius 3 is 2.68 bits per heavy atom. The van der Waals surface area contributed by atoms with Crippen molar-refractivity contribution in [1.82, 2.24) is 5.32 Å². The van der Waals surface area contributed by atoms with Crippen molar-refractivity contribution < 1.29 is 19.2 Å². The first kappa shape index (κ1) is 22.4. The van der Waals surface area contributed by atoms with Gasteiger partial charge in [-0.1, -0.05) is 19.1 Å². The molecule has 1 heterocycles. The van der Waals surface area contributed by atoms with E-state index in [1.807, 2.05) is 19.1 Å². The highest BCUT2D eigenvalue weighted by Gasteiger charge is 2.18. The fourth-order valence-electron chi connectivity index (χ4n) is 3.81. The number of carbonyl (C=O) groups excluding carboxylic acids is 1. The summed E-state index contributed by atoms with van der Waals surface area (Å²) in [5, 5.41) is 13.9. The van der Waals surface area contributed by atoms with Crippen LogP contribution in [0.4, 0.5) is 11.4 Å². The van der Waals surface area contributed by atoms with Crippen LogP contribution in [0.1, 0.15) is 38.3 Å². The van der Waals surface area contributed by atoms with Gasteiger partial charge in [-0.05, 0) is 49.4 Å². The van der Waals surface area contributed by atoms with Crippen molar-refractivity contribution in [2.75, 3.05) is 31.7 Å². The molecule has 31 heavy (non-hydrogen) atoms. The Balaban J connectivity index is 1.53. The van der Waals surface area contributed by atoms with Gasteiger partial charge in [0, 0.05) is 30.9 Å². The molecule has 0 radical (unpaired) electrons. The van der Waals surface area contributed by atoms with Crippen molar-refractivity contribution in [3.63, 3.8) is 0 Å². The number of hydrogen-bond acceptors (Lipinski definition) is 6. The van der Waals surface area contributed by atoms with E-state index < -0.39 is 4.92 Å². The Morgan fingerprint density at radius 2 is 2.03 bits per heavy atom. The minimum absolute atomic E-state index is 0.0828. The number of nitrogens with one attached hydrogen (secondary N) is 1. The van der Waals surface area contributed by atoms with Crippen molar-refractivity contribution >= 4 is 17.3 Å². The van der Waals surface area contributed by atoms with Gasteiger partial charge in [-0.25, -0.2) is 0 Å². The standard InChI is InChI=1S/C23H29N3O5/c1-16-5-4-12-25(14-16)19-8-6-18(7-9-19)17(2)24-23(27)15-31-20-10-11-21(26(28)29)22(13-20)30-3/h6-11,13,16-17H,4-5,12,14-15H2,1-3H3,(H,24,27)/t16-,17-/m1/s1. The topological polar surface area (TPSA) is 93.9 Å². The van der Waals surface area contributed by atoms with Crippen LogP contribution in [0.5, 0.6) is 11.5 Å². The quantitative estimate of drug-likeness (QED) is 0.504. The van der Waals surface area contributed by atoms with E-state index in [4.69, 9.17) is 9.47 Å². The number of nitro benzene ring substituents is 1. The molecule has 1 aliphatic heterocycles. The highest BCUT2D eigenvalue weighted by atomic mass is 16.6. The normalized spacial score (nSPS) is 17.0. The lowest BCUT2D eigenvalue weighted by molar-refractivity contribution is -0.385. The number of carbonyl (C=O) groups is 1. The van der Waals surface area contributed by atoms with Crippen LogP contribution in [0.2, 0.25) is 0 Å². The Bertz CT molecular complexity index is 916. The Hall–Kier alpha value is -3.29. The number of benzene rings is 2. The van der Waals surface area contributed by atoms with Gasteiger partial charge in [0.15, 0.2) is 6.61 Å². The summed E-state index contributed by atoms with van der Waals surface area (Å²) in [5.74, 6) is 0.839. The van der Waals surface area contributed by atoms with Crippen LogP contribution in [0.15, 0.2) is 42.5 Å². The summed E-state index contributed by atoms with van der Waals surface area (Å²) in [5.41, 5.74) is 2.07. The van der Waals surface area contributed by atoms with Crippen LogP contribution in [-0.2, 0) is 4.79 Å². The van der Waals surface area contributed by atoms with E-state index in [0.29, 0.717) is 11.7 Å². The van der Waals surface area contributed by atoms with Gasteiger partial charge in [-0.15, -0.1) is 0 Å². The summed E-state index contributed by atoms with van der Waals surface area (Å²) in [7, 11) is 1.34. The van der Waals surface area contributed by atoms with E-state index >= 15 is 0 Å². The molecule has 1 fully saturated rings. The fraction of sp³-hybridized carbons (Fsp3) is 0.435. The van der Waals surface area contributed by atoms with E-state index in [0.717, 1.165) is 18.7 Å². The zero-order valence-corrected chi connectivity index (χ0v) is 18.2. The zero-order chi connectivity index (χ0) is 22.4. The van der Waals surface area contributed by atoms with Gasteiger partial charge in [-0.3, -0.25) is 14.9 Å². The molecule has 166 valence electrons. The number of nitrogens with zero attached hydrogens (tertiary/aromatic N) is 2. The molecule has 1 aliphatic rings. The maximum absolute atomic E-state index is 12.3. The van der Waals surface area contributed by atoms with Crippen molar-refractivity contribution in [1.29, 1.82) is 0 Å². The highest BCUT2D eigenvalue weighted by molar-refractivity contribution is 5.78. The first-order valence-electron chi connectivity index (χ1n) is 10.5. The SMILES string of the molecule is COc1cc(OCC(=O)N[C@H](C)c2ccc(N3CCC[C@@H](C)C3)cc2)ccc1[N+](=O)[O-]. The Labute approximate surface area is 182 Å². The third kappa shape index (κ3) is 5.87. The highest BCUT2D eigenvalue weighted by Crippen LogP contribution is 2.30. The second-order valence-electron chi connectivity index (χ2n) is 7.95. The molecule has 0 unspecified atom stereocenters. The summed E-state index contributed by atoms with van der Waals surface area (Å²) in [6, 6.07) is 12.3. The average Bonchev–Trinajstić information content (AvgIpc) is 2.77. The second kappa shape index (κ2) is 10.1. The van der Waals surface area contributed by atoms with Gasteiger partial charge in [0.05, 0.1) is 18.1 Å². The molecule has 3 rings (SSSR count). The number of methoxy groups -OCH3 is 1. The first-order chi connectivity index (χ1) is 14.9. The maximum atomic E-state index is 12.3. The molecule has 0 saturated carbocycles. The number of rotatable bonds is 8. The monoisotopic (exact) mass is 427 g/mol. The number of anilines is 1. The zero-order valence-electron chi connectivity index (χ0n) is 18.2. The predicted molar refractivity (Wildman–Crippen MR) is 119 cm³/mol. The minimum atomic E-state index is -0.534. The van der Waals surface area contributed by atoms with Gasteiger partial charge >= 0.3 is 5.69 Å². The molecule has 2 atom stereocenters. The molecular weight excluding hydrogens is 398 g/mol. The van der Waals surface area contributed by atoms with Gasteiger partial charge in [-0.2, -0.15) is 0 Å². The lowest BCUT2D eigenvalue weighted by Crippen LogP contribution is -2.34. The van der Waals surface area contributed by atoms with Crippen LogP contribution in [0.3, 0.4) is 0 Å². The van der Waals surface area contributed by atoms with E-state index in [2.05, 4.69) is 29.3 Å². The van der Waals surface area contributed by atoms with Gasteiger partial charge in [0.2, 0.25) is 5.75 Å². The molecule has 0 aromatic heterocycles. The van der Waals surface area contributed by atoms with Crippen molar-refractivity contribution in [2.45, 2.75) is 32.7 Å². The molecule has 2 aromatic rings. The van der Waals surface area contributed by atoms with Crippen LogP contribution in [0.25, 0.3) is 0 Å². The average molecular weight is 428 g/mol. The number of piperidine rings is 1. The Morgan fingerprint density at radius 1 is 1.29 bits per heavy atom. The van der Waals surface area contributed by atoms with Crippen LogP contribution < -0.4 is 19.7 Å². The second-order valence-corrected chi connectivity index (χ2v) is 7.95. The molecule has 0 bridgehead atoms. The minimum Gasteiger partial charge on any atom is -0.490 e.